The third kappa shape index (κ3) is 2.40. The second-order valence-electron chi connectivity index (χ2n) is 4.51. The van der Waals surface area contributed by atoms with Crippen LogP contribution in [0.15, 0.2) is 12.4 Å². The SMILES string of the molecule is CCNC(Cc1nccn1C)C1CCC1. The zero-order valence-electron chi connectivity index (χ0n) is 9.74. The van der Waals surface area contributed by atoms with E-state index >= 15 is 0 Å². The summed E-state index contributed by atoms with van der Waals surface area (Å²) < 4.78 is 2.13. The summed E-state index contributed by atoms with van der Waals surface area (Å²) in [5.74, 6) is 2.08. The van der Waals surface area contributed by atoms with Crippen LogP contribution in [0.25, 0.3) is 0 Å². The van der Waals surface area contributed by atoms with E-state index in [2.05, 4.69) is 28.8 Å². The molecule has 1 atom stereocenters. The number of hydrogen-bond acceptors (Lipinski definition) is 2. The average Bonchev–Trinajstić information content (AvgIpc) is 2.49. The maximum Gasteiger partial charge on any atom is 0.109 e. The van der Waals surface area contributed by atoms with Gasteiger partial charge in [-0.05, 0) is 25.3 Å². The van der Waals surface area contributed by atoms with Gasteiger partial charge in [0.2, 0.25) is 0 Å². The number of likely N-dealkylation sites (N-methyl/N-ethyl adjacent to an activating group) is 1. The van der Waals surface area contributed by atoms with Gasteiger partial charge in [-0.3, -0.25) is 0 Å². The molecule has 84 valence electrons. The molecule has 3 heteroatoms. The highest BCUT2D eigenvalue weighted by atomic mass is 15.0. The second kappa shape index (κ2) is 4.79. The highest BCUT2D eigenvalue weighted by Crippen LogP contribution is 2.30. The highest BCUT2D eigenvalue weighted by molar-refractivity contribution is 4.97. The van der Waals surface area contributed by atoms with Crippen molar-refractivity contribution in [1.29, 1.82) is 0 Å². The minimum Gasteiger partial charge on any atom is -0.338 e. The van der Waals surface area contributed by atoms with E-state index in [1.54, 1.807) is 0 Å². The van der Waals surface area contributed by atoms with Crippen LogP contribution in [0.1, 0.15) is 32.0 Å². The summed E-state index contributed by atoms with van der Waals surface area (Å²) in [7, 11) is 2.08. The van der Waals surface area contributed by atoms with Crippen LogP contribution < -0.4 is 5.32 Å². The first-order valence-electron chi connectivity index (χ1n) is 6.01. The summed E-state index contributed by atoms with van der Waals surface area (Å²) in [5.41, 5.74) is 0. The minimum atomic E-state index is 0.629. The fourth-order valence-electron chi connectivity index (χ4n) is 2.30. The molecular weight excluding hydrogens is 186 g/mol. The molecule has 0 aliphatic heterocycles. The number of hydrogen-bond donors (Lipinski definition) is 1. The lowest BCUT2D eigenvalue weighted by Crippen LogP contribution is -2.41. The van der Waals surface area contributed by atoms with Crippen molar-refractivity contribution in [2.75, 3.05) is 6.54 Å². The first-order valence-corrected chi connectivity index (χ1v) is 6.01. The van der Waals surface area contributed by atoms with Crippen LogP contribution in [0.2, 0.25) is 0 Å². The van der Waals surface area contributed by atoms with E-state index in [1.807, 2.05) is 12.4 Å². The molecule has 1 saturated carbocycles. The summed E-state index contributed by atoms with van der Waals surface area (Å²) in [6, 6.07) is 0.629. The van der Waals surface area contributed by atoms with Gasteiger partial charge in [-0.2, -0.15) is 0 Å². The van der Waals surface area contributed by atoms with Gasteiger partial charge in [-0.1, -0.05) is 13.3 Å². The van der Waals surface area contributed by atoms with Gasteiger partial charge in [0.15, 0.2) is 0 Å². The molecule has 0 amide bonds. The molecule has 15 heavy (non-hydrogen) atoms. The van der Waals surface area contributed by atoms with Gasteiger partial charge in [0.25, 0.3) is 0 Å². The maximum atomic E-state index is 4.40. The van der Waals surface area contributed by atoms with Crippen molar-refractivity contribution in [1.82, 2.24) is 14.9 Å². The van der Waals surface area contributed by atoms with Crippen LogP contribution in [0.5, 0.6) is 0 Å². The Morgan fingerprint density at radius 1 is 1.60 bits per heavy atom. The number of nitrogens with one attached hydrogen (secondary N) is 1. The average molecular weight is 207 g/mol. The highest BCUT2D eigenvalue weighted by Gasteiger charge is 2.27. The smallest absolute Gasteiger partial charge is 0.109 e. The van der Waals surface area contributed by atoms with Gasteiger partial charge in [0.1, 0.15) is 5.82 Å². The normalized spacial score (nSPS) is 18.8. The fourth-order valence-corrected chi connectivity index (χ4v) is 2.30. The van der Waals surface area contributed by atoms with Crippen LogP contribution in [-0.2, 0) is 13.5 Å². The predicted octanol–water partition coefficient (Wildman–Crippen LogP) is 1.74. The van der Waals surface area contributed by atoms with Gasteiger partial charge in [0.05, 0.1) is 0 Å². The van der Waals surface area contributed by atoms with Crippen molar-refractivity contribution < 1.29 is 0 Å². The first kappa shape index (κ1) is 10.7. The monoisotopic (exact) mass is 207 g/mol. The first-order chi connectivity index (χ1) is 7.31. The Bertz CT molecular complexity index is 302. The van der Waals surface area contributed by atoms with Crippen molar-refractivity contribution in [3.8, 4) is 0 Å². The number of nitrogens with zero attached hydrogens (tertiary/aromatic N) is 2. The van der Waals surface area contributed by atoms with E-state index in [1.165, 1.54) is 25.1 Å². The lowest BCUT2D eigenvalue weighted by atomic mass is 9.78. The van der Waals surface area contributed by atoms with Crippen LogP contribution in [-0.4, -0.2) is 22.1 Å². The Balaban J connectivity index is 1.96. The summed E-state index contributed by atoms with van der Waals surface area (Å²) in [5, 5.41) is 3.60. The Kier molecular flexibility index (Phi) is 3.41. The largest absolute Gasteiger partial charge is 0.338 e. The quantitative estimate of drug-likeness (QED) is 0.797. The van der Waals surface area contributed by atoms with E-state index < -0.39 is 0 Å². The van der Waals surface area contributed by atoms with E-state index in [4.69, 9.17) is 0 Å². The fraction of sp³-hybridized carbons (Fsp3) is 0.750. The molecule has 1 N–H and O–H groups in total. The van der Waals surface area contributed by atoms with Gasteiger partial charge < -0.3 is 9.88 Å². The number of aryl methyl sites for hydroxylation is 1. The molecule has 0 radical (unpaired) electrons. The van der Waals surface area contributed by atoms with Crippen molar-refractivity contribution in [3.63, 3.8) is 0 Å². The summed E-state index contributed by atoms with van der Waals surface area (Å²) in [6.45, 7) is 3.25. The van der Waals surface area contributed by atoms with Crippen LogP contribution >= 0.6 is 0 Å². The molecule has 1 fully saturated rings. The van der Waals surface area contributed by atoms with Gasteiger partial charge in [-0.15, -0.1) is 0 Å². The standard InChI is InChI=1S/C12H21N3/c1-3-13-11(10-5-4-6-10)9-12-14-7-8-15(12)2/h7-8,10-11,13H,3-6,9H2,1-2H3. The molecule has 0 spiro atoms. The molecule has 1 aliphatic carbocycles. The van der Waals surface area contributed by atoms with Crippen LogP contribution in [0, 0.1) is 5.92 Å². The Labute approximate surface area is 91.9 Å². The molecular formula is C12H21N3. The zero-order chi connectivity index (χ0) is 10.7. The van der Waals surface area contributed by atoms with Crippen molar-refractivity contribution >= 4 is 0 Å². The molecule has 0 bridgehead atoms. The number of rotatable bonds is 5. The zero-order valence-corrected chi connectivity index (χ0v) is 9.74. The molecule has 0 saturated heterocycles. The Morgan fingerprint density at radius 2 is 2.40 bits per heavy atom. The van der Waals surface area contributed by atoms with E-state index in [0.717, 1.165) is 18.9 Å². The van der Waals surface area contributed by atoms with Crippen molar-refractivity contribution in [2.24, 2.45) is 13.0 Å². The maximum absolute atomic E-state index is 4.40. The molecule has 1 aromatic heterocycles. The summed E-state index contributed by atoms with van der Waals surface area (Å²) in [4.78, 5) is 4.40. The Morgan fingerprint density at radius 3 is 2.87 bits per heavy atom. The van der Waals surface area contributed by atoms with Crippen LogP contribution in [0.4, 0.5) is 0 Å². The molecule has 1 unspecified atom stereocenters. The third-order valence-electron chi connectivity index (χ3n) is 3.51. The predicted molar refractivity (Wildman–Crippen MR) is 61.7 cm³/mol. The molecule has 1 aliphatic rings. The van der Waals surface area contributed by atoms with Gasteiger partial charge in [-0.25, -0.2) is 4.98 Å². The topological polar surface area (TPSA) is 29.9 Å². The molecule has 0 aromatic carbocycles. The summed E-state index contributed by atoms with van der Waals surface area (Å²) in [6.07, 6.45) is 9.18. The second-order valence-corrected chi connectivity index (χ2v) is 4.51. The summed E-state index contributed by atoms with van der Waals surface area (Å²) >= 11 is 0. The van der Waals surface area contributed by atoms with Crippen molar-refractivity contribution in [3.05, 3.63) is 18.2 Å². The molecule has 2 rings (SSSR count). The molecule has 3 nitrogen and oxygen atoms in total. The van der Waals surface area contributed by atoms with Crippen LogP contribution in [0.3, 0.4) is 0 Å². The van der Waals surface area contributed by atoms with Crippen molar-refractivity contribution in [2.45, 2.75) is 38.6 Å². The van der Waals surface area contributed by atoms with E-state index in [-0.39, 0.29) is 0 Å². The molecule has 1 aromatic rings. The van der Waals surface area contributed by atoms with Gasteiger partial charge in [0, 0.05) is 31.9 Å². The number of imidazole rings is 1. The minimum absolute atomic E-state index is 0.629. The lowest BCUT2D eigenvalue weighted by molar-refractivity contribution is 0.227. The van der Waals surface area contributed by atoms with E-state index in [0.29, 0.717) is 6.04 Å². The lowest BCUT2D eigenvalue weighted by Gasteiger charge is -2.34. The van der Waals surface area contributed by atoms with E-state index in [9.17, 15) is 0 Å². The van der Waals surface area contributed by atoms with Gasteiger partial charge >= 0.3 is 0 Å². The molecule has 1 heterocycles. The Hall–Kier alpha value is -0.830. The number of aromatic nitrogens is 2. The third-order valence-corrected chi connectivity index (χ3v) is 3.51.